The lowest BCUT2D eigenvalue weighted by atomic mass is 10.2. The van der Waals surface area contributed by atoms with Gasteiger partial charge in [-0.2, -0.15) is 5.26 Å². The van der Waals surface area contributed by atoms with Crippen molar-refractivity contribution in [3.05, 3.63) is 57.0 Å². The third kappa shape index (κ3) is 6.20. The fraction of sp³-hybridized carbons (Fsp3) is 0.273. The molecular weight excluding hydrogens is 471 g/mol. The van der Waals surface area contributed by atoms with Gasteiger partial charge in [0.05, 0.1) is 21.5 Å². The van der Waals surface area contributed by atoms with Gasteiger partial charge in [0.25, 0.3) is 0 Å². The third-order valence-electron chi connectivity index (χ3n) is 4.42. The average molecular weight is 491 g/mol. The number of benzene rings is 1. The number of rotatable bonds is 8. The summed E-state index contributed by atoms with van der Waals surface area (Å²) in [6.45, 7) is 3.91. The van der Waals surface area contributed by atoms with E-state index < -0.39 is 5.25 Å². The quantitative estimate of drug-likeness (QED) is 0.349. The Labute approximate surface area is 199 Å². The zero-order chi connectivity index (χ0) is 22.4. The summed E-state index contributed by atoms with van der Waals surface area (Å²) in [5, 5.41) is 15.7. The fourth-order valence-corrected chi connectivity index (χ4v) is 4.86. The van der Waals surface area contributed by atoms with Crippen molar-refractivity contribution in [1.29, 1.82) is 5.26 Å². The second-order valence-corrected chi connectivity index (χ2v) is 9.81. The summed E-state index contributed by atoms with van der Waals surface area (Å²) < 4.78 is 0. The molecule has 1 aromatic carbocycles. The average Bonchev–Trinajstić information content (AvgIpc) is 3.20. The highest BCUT2D eigenvalue weighted by Crippen LogP contribution is 2.33. The zero-order valence-corrected chi connectivity index (χ0v) is 20.1. The number of thioether (sulfide) groups is 1. The van der Waals surface area contributed by atoms with Gasteiger partial charge in [0, 0.05) is 21.7 Å². The number of hydrogen-bond donors (Lipinski definition) is 1. The summed E-state index contributed by atoms with van der Waals surface area (Å²) >= 11 is 14.8. The van der Waals surface area contributed by atoms with Crippen LogP contribution in [0.15, 0.2) is 40.7 Å². The van der Waals surface area contributed by atoms with Gasteiger partial charge in [0.1, 0.15) is 11.1 Å². The molecule has 0 bridgehead atoms. The van der Waals surface area contributed by atoms with Crippen LogP contribution in [-0.2, 0) is 11.2 Å². The standard InChI is InChI=1S/C22H20Cl2N4OS2/c1-3-4-5-16-8-6-14(11-25)21(26-16)31-13(2)20(29)28-22-27-19(12-30-22)17-9-7-15(23)10-18(17)24/h6-10,12-13H,3-5H2,1-2H3,(H,27,28,29). The highest BCUT2D eigenvalue weighted by atomic mass is 35.5. The molecule has 1 N–H and O–H groups in total. The molecule has 0 fully saturated rings. The van der Waals surface area contributed by atoms with Gasteiger partial charge in [-0.3, -0.25) is 4.79 Å². The lowest BCUT2D eigenvalue weighted by Crippen LogP contribution is -2.22. The van der Waals surface area contributed by atoms with Gasteiger partial charge >= 0.3 is 0 Å². The van der Waals surface area contributed by atoms with Crippen molar-refractivity contribution >= 4 is 57.3 Å². The molecule has 0 saturated carbocycles. The first kappa shape index (κ1) is 23.6. The molecule has 3 rings (SSSR count). The summed E-state index contributed by atoms with van der Waals surface area (Å²) in [5.41, 5.74) is 2.82. The van der Waals surface area contributed by atoms with Gasteiger partial charge in [-0.05, 0) is 50.1 Å². The number of amides is 1. The first-order chi connectivity index (χ1) is 14.9. The lowest BCUT2D eigenvalue weighted by molar-refractivity contribution is -0.115. The third-order valence-corrected chi connectivity index (χ3v) is 6.83. The van der Waals surface area contributed by atoms with Gasteiger partial charge < -0.3 is 5.32 Å². The van der Waals surface area contributed by atoms with Crippen molar-refractivity contribution in [2.24, 2.45) is 0 Å². The first-order valence-corrected chi connectivity index (χ1v) is 12.2. The molecule has 0 aliphatic carbocycles. The van der Waals surface area contributed by atoms with E-state index >= 15 is 0 Å². The molecule has 0 spiro atoms. The largest absolute Gasteiger partial charge is 0.301 e. The molecule has 0 radical (unpaired) electrons. The number of nitriles is 1. The highest BCUT2D eigenvalue weighted by molar-refractivity contribution is 8.00. The molecular formula is C22H20Cl2N4OS2. The number of hydrogen-bond acceptors (Lipinski definition) is 6. The van der Waals surface area contributed by atoms with Gasteiger partial charge in [-0.25, -0.2) is 9.97 Å². The molecule has 160 valence electrons. The van der Waals surface area contributed by atoms with Crippen LogP contribution in [0.1, 0.15) is 37.9 Å². The maximum absolute atomic E-state index is 12.7. The van der Waals surface area contributed by atoms with E-state index in [1.54, 1.807) is 31.2 Å². The van der Waals surface area contributed by atoms with Crippen molar-refractivity contribution in [3.63, 3.8) is 0 Å². The van der Waals surface area contributed by atoms with Crippen LogP contribution >= 0.6 is 46.3 Å². The normalized spacial score (nSPS) is 11.7. The second-order valence-electron chi connectivity index (χ2n) is 6.78. The minimum absolute atomic E-state index is 0.210. The smallest absolute Gasteiger partial charge is 0.239 e. The van der Waals surface area contributed by atoms with E-state index in [1.807, 2.05) is 11.4 Å². The molecule has 31 heavy (non-hydrogen) atoms. The molecule has 2 aromatic heterocycles. The number of thiazole rings is 1. The highest BCUT2D eigenvalue weighted by Gasteiger charge is 2.19. The number of unbranched alkanes of at least 4 members (excludes halogenated alkanes) is 1. The molecule has 9 heteroatoms. The SMILES string of the molecule is CCCCc1ccc(C#N)c(SC(C)C(=O)Nc2nc(-c3ccc(Cl)cc3Cl)cs2)n1. The number of pyridine rings is 1. The Bertz CT molecular complexity index is 1130. The Morgan fingerprint density at radius 1 is 1.29 bits per heavy atom. The minimum Gasteiger partial charge on any atom is -0.301 e. The molecule has 1 unspecified atom stereocenters. The number of nitrogens with one attached hydrogen (secondary N) is 1. The number of aryl methyl sites for hydroxylation is 1. The van der Waals surface area contributed by atoms with Gasteiger partial charge in [0.15, 0.2) is 5.13 Å². The van der Waals surface area contributed by atoms with E-state index in [0.717, 1.165) is 30.5 Å². The summed E-state index contributed by atoms with van der Waals surface area (Å²) in [4.78, 5) is 21.8. The summed E-state index contributed by atoms with van der Waals surface area (Å²) in [5.74, 6) is -0.210. The summed E-state index contributed by atoms with van der Waals surface area (Å²) in [6.07, 6.45) is 2.95. The minimum atomic E-state index is -0.451. The van der Waals surface area contributed by atoms with E-state index in [4.69, 9.17) is 23.2 Å². The Morgan fingerprint density at radius 3 is 2.81 bits per heavy atom. The molecule has 3 aromatic rings. The predicted octanol–water partition coefficient (Wildman–Crippen LogP) is 6.85. The van der Waals surface area contributed by atoms with Gasteiger partial charge in [-0.15, -0.1) is 11.3 Å². The van der Waals surface area contributed by atoms with E-state index in [1.165, 1.54) is 23.1 Å². The number of aromatic nitrogens is 2. The Hall–Kier alpha value is -2.11. The summed E-state index contributed by atoms with van der Waals surface area (Å²) in [6, 6.07) is 11.0. The van der Waals surface area contributed by atoms with E-state index in [9.17, 15) is 10.1 Å². The maximum atomic E-state index is 12.7. The van der Waals surface area contributed by atoms with Crippen molar-refractivity contribution in [3.8, 4) is 17.3 Å². The molecule has 0 aliphatic heterocycles. The van der Waals surface area contributed by atoms with E-state index in [2.05, 4.69) is 28.3 Å². The number of halogens is 2. The number of carbonyl (C=O) groups excluding carboxylic acids is 1. The van der Waals surface area contributed by atoms with Crippen LogP contribution in [0.3, 0.4) is 0 Å². The molecule has 1 amide bonds. The zero-order valence-electron chi connectivity index (χ0n) is 17.0. The molecule has 5 nitrogen and oxygen atoms in total. The van der Waals surface area contributed by atoms with Crippen LogP contribution in [0, 0.1) is 11.3 Å². The lowest BCUT2D eigenvalue weighted by Gasteiger charge is -2.12. The van der Waals surface area contributed by atoms with Crippen molar-refractivity contribution in [2.75, 3.05) is 5.32 Å². The molecule has 0 aliphatic rings. The van der Waals surface area contributed by atoms with Crippen LogP contribution in [0.5, 0.6) is 0 Å². The fourth-order valence-electron chi connectivity index (χ4n) is 2.73. The number of nitrogens with zero attached hydrogens (tertiary/aromatic N) is 3. The Morgan fingerprint density at radius 2 is 2.10 bits per heavy atom. The maximum Gasteiger partial charge on any atom is 0.239 e. The van der Waals surface area contributed by atoms with Gasteiger partial charge in [0.2, 0.25) is 5.91 Å². The van der Waals surface area contributed by atoms with E-state index in [0.29, 0.717) is 31.5 Å². The topological polar surface area (TPSA) is 78.7 Å². The predicted molar refractivity (Wildman–Crippen MR) is 129 cm³/mol. The Kier molecular flexibility index (Phi) is 8.33. The van der Waals surface area contributed by atoms with Crippen LogP contribution < -0.4 is 5.32 Å². The van der Waals surface area contributed by atoms with Gasteiger partial charge in [-0.1, -0.05) is 48.3 Å². The molecule has 1 atom stereocenters. The number of carbonyl (C=O) groups is 1. The Balaban J connectivity index is 1.69. The van der Waals surface area contributed by atoms with Crippen molar-refractivity contribution in [1.82, 2.24) is 9.97 Å². The number of anilines is 1. The summed E-state index contributed by atoms with van der Waals surface area (Å²) in [7, 11) is 0. The van der Waals surface area contributed by atoms with Crippen molar-refractivity contribution < 1.29 is 4.79 Å². The van der Waals surface area contributed by atoms with Crippen LogP contribution in [0.25, 0.3) is 11.3 Å². The molecule has 0 saturated heterocycles. The molecule has 2 heterocycles. The second kappa shape index (κ2) is 11.0. The monoisotopic (exact) mass is 490 g/mol. The van der Waals surface area contributed by atoms with E-state index in [-0.39, 0.29) is 5.91 Å². The van der Waals surface area contributed by atoms with Crippen LogP contribution in [0.2, 0.25) is 10.0 Å². The first-order valence-electron chi connectivity index (χ1n) is 9.69. The van der Waals surface area contributed by atoms with Crippen LogP contribution in [0.4, 0.5) is 5.13 Å². The van der Waals surface area contributed by atoms with Crippen molar-refractivity contribution in [2.45, 2.75) is 43.4 Å². The van der Waals surface area contributed by atoms with Crippen LogP contribution in [-0.4, -0.2) is 21.1 Å².